The van der Waals surface area contributed by atoms with E-state index in [-0.39, 0.29) is 5.41 Å². The van der Waals surface area contributed by atoms with Crippen LogP contribution in [0.1, 0.15) is 46.1 Å². The van der Waals surface area contributed by atoms with Gasteiger partial charge in [-0.2, -0.15) is 0 Å². The van der Waals surface area contributed by atoms with Gasteiger partial charge in [0.05, 0.1) is 13.2 Å². The van der Waals surface area contributed by atoms with Crippen LogP contribution in [0.15, 0.2) is 18.2 Å². The molecular formula is C17H29NO2. The van der Waals surface area contributed by atoms with Crippen LogP contribution >= 0.6 is 0 Å². The second-order valence-electron chi connectivity index (χ2n) is 6.32. The molecule has 0 fully saturated rings. The topological polar surface area (TPSA) is 44.5 Å². The van der Waals surface area contributed by atoms with Crippen LogP contribution in [0.25, 0.3) is 0 Å². The van der Waals surface area contributed by atoms with Gasteiger partial charge in [0.2, 0.25) is 0 Å². The molecule has 1 rings (SSSR count). The van der Waals surface area contributed by atoms with Gasteiger partial charge in [-0.15, -0.1) is 0 Å². The van der Waals surface area contributed by atoms with Gasteiger partial charge in [-0.3, -0.25) is 0 Å². The van der Waals surface area contributed by atoms with Gasteiger partial charge in [0.25, 0.3) is 0 Å². The van der Waals surface area contributed by atoms with Gasteiger partial charge in [0.15, 0.2) is 0 Å². The second-order valence-corrected chi connectivity index (χ2v) is 6.32. The Kier molecular flexibility index (Phi) is 6.86. The molecule has 3 nitrogen and oxygen atoms in total. The van der Waals surface area contributed by atoms with Gasteiger partial charge in [-0.05, 0) is 42.9 Å². The first-order valence-corrected chi connectivity index (χ1v) is 7.55. The van der Waals surface area contributed by atoms with Crippen LogP contribution < -0.4 is 15.2 Å². The molecule has 1 aromatic carbocycles. The number of hydrogen-bond donors (Lipinski definition) is 1. The van der Waals surface area contributed by atoms with E-state index in [1.165, 1.54) is 0 Å². The normalized spacial score (nSPS) is 11.4. The molecule has 20 heavy (non-hydrogen) atoms. The van der Waals surface area contributed by atoms with Crippen LogP contribution in [0.5, 0.6) is 11.5 Å². The molecule has 0 atom stereocenters. The molecule has 0 saturated heterocycles. The molecule has 114 valence electrons. The predicted octanol–water partition coefficient (Wildman–Crippen LogP) is 3.79. The van der Waals surface area contributed by atoms with Crippen molar-refractivity contribution in [1.82, 2.24) is 0 Å². The van der Waals surface area contributed by atoms with Gasteiger partial charge in [0, 0.05) is 6.07 Å². The van der Waals surface area contributed by atoms with Crippen molar-refractivity contribution in [3.8, 4) is 11.5 Å². The van der Waals surface area contributed by atoms with Crippen molar-refractivity contribution in [2.45, 2.75) is 47.0 Å². The lowest BCUT2D eigenvalue weighted by molar-refractivity contribution is 0.239. The zero-order valence-electron chi connectivity index (χ0n) is 13.4. The molecule has 0 unspecified atom stereocenters. The predicted molar refractivity (Wildman–Crippen MR) is 84.6 cm³/mol. The van der Waals surface area contributed by atoms with Crippen LogP contribution in [-0.4, -0.2) is 19.8 Å². The SMILES string of the molecule is CCCOc1ccc(CCN)c(OCCC(C)(C)C)c1. The molecule has 0 saturated carbocycles. The van der Waals surface area contributed by atoms with E-state index in [0.29, 0.717) is 6.54 Å². The van der Waals surface area contributed by atoms with Crippen LogP contribution in [0.4, 0.5) is 0 Å². The van der Waals surface area contributed by atoms with Crippen molar-refractivity contribution in [3.05, 3.63) is 23.8 Å². The Morgan fingerprint density at radius 1 is 1.10 bits per heavy atom. The van der Waals surface area contributed by atoms with Crippen molar-refractivity contribution in [2.75, 3.05) is 19.8 Å². The van der Waals surface area contributed by atoms with E-state index in [9.17, 15) is 0 Å². The molecule has 0 bridgehead atoms. The maximum atomic E-state index is 5.95. The lowest BCUT2D eigenvalue weighted by Gasteiger charge is -2.19. The lowest BCUT2D eigenvalue weighted by atomic mass is 9.93. The standard InChI is InChI=1S/C17H29NO2/c1-5-11-19-15-7-6-14(8-10-18)16(13-15)20-12-9-17(2,3)4/h6-7,13H,5,8-12,18H2,1-4H3. The molecule has 2 N–H and O–H groups in total. The third-order valence-electron chi connectivity index (χ3n) is 3.03. The largest absolute Gasteiger partial charge is 0.493 e. The highest BCUT2D eigenvalue weighted by molar-refractivity contribution is 5.41. The number of benzene rings is 1. The highest BCUT2D eigenvalue weighted by Crippen LogP contribution is 2.27. The van der Waals surface area contributed by atoms with E-state index in [0.717, 1.165) is 49.5 Å². The zero-order chi connectivity index (χ0) is 15.0. The minimum atomic E-state index is 0.282. The summed E-state index contributed by atoms with van der Waals surface area (Å²) in [6.45, 7) is 10.8. The molecule has 0 aliphatic rings. The molecule has 0 aliphatic carbocycles. The number of hydrogen-bond acceptors (Lipinski definition) is 3. The quantitative estimate of drug-likeness (QED) is 0.787. The van der Waals surface area contributed by atoms with Crippen molar-refractivity contribution in [1.29, 1.82) is 0 Å². The number of nitrogens with two attached hydrogens (primary N) is 1. The summed E-state index contributed by atoms with van der Waals surface area (Å²) in [6, 6.07) is 6.05. The van der Waals surface area contributed by atoms with Gasteiger partial charge in [-0.25, -0.2) is 0 Å². The van der Waals surface area contributed by atoms with E-state index < -0.39 is 0 Å². The maximum Gasteiger partial charge on any atom is 0.126 e. The fourth-order valence-corrected chi connectivity index (χ4v) is 1.81. The van der Waals surface area contributed by atoms with E-state index in [1.54, 1.807) is 0 Å². The second kappa shape index (κ2) is 8.15. The lowest BCUT2D eigenvalue weighted by Crippen LogP contribution is -2.12. The number of rotatable bonds is 8. The Hall–Kier alpha value is -1.22. The highest BCUT2D eigenvalue weighted by Gasteiger charge is 2.11. The zero-order valence-corrected chi connectivity index (χ0v) is 13.4. The van der Waals surface area contributed by atoms with Gasteiger partial charge in [0.1, 0.15) is 11.5 Å². The fourth-order valence-electron chi connectivity index (χ4n) is 1.81. The monoisotopic (exact) mass is 279 g/mol. The third kappa shape index (κ3) is 6.29. The molecule has 0 spiro atoms. The molecule has 0 aromatic heterocycles. The minimum absolute atomic E-state index is 0.282. The Balaban J connectivity index is 2.72. The molecular weight excluding hydrogens is 250 g/mol. The average Bonchev–Trinajstić information content (AvgIpc) is 2.37. The van der Waals surface area contributed by atoms with Crippen LogP contribution in [0.3, 0.4) is 0 Å². The van der Waals surface area contributed by atoms with Gasteiger partial charge in [-0.1, -0.05) is 33.8 Å². The molecule has 0 heterocycles. The average molecular weight is 279 g/mol. The first-order chi connectivity index (χ1) is 9.46. The Labute approximate surface area is 123 Å². The van der Waals surface area contributed by atoms with Crippen molar-refractivity contribution in [3.63, 3.8) is 0 Å². The molecule has 0 aliphatic heterocycles. The van der Waals surface area contributed by atoms with E-state index in [2.05, 4.69) is 33.8 Å². The van der Waals surface area contributed by atoms with Gasteiger partial charge >= 0.3 is 0 Å². The third-order valence-corrected chi connectivity index (χ3v) is 3.03. The van der Waals surface area contributed by atoms with Crippen molar-refractivity contribution in [2.24, 2.45) is 11.1 Å². The summed E-state index contributed by atoms with van der Waals surface area (Å²) in [6.07, 6.45) is 2.86. The van der Waals surface area contributed by atoms with E-state index in [4.69, 9.17) is 15.2 Å². The van der Waals surface area contributed by atoms with E-state index >= 15 is 0 Å². The summed E-state index contributed by atoms with van der Waals surface area (Å²) >= 11 is 0. The molecule has 0 radical (unpaired) electrons. The highest BCUT2D eigenvalue weighted by atomic mass is 16.5. The van der Waals surface area contributed by atoms with Crippen LogP contribution in [0, 0.1) is 5.41 Å². The summed E-state index contributed by atoms with van der Waals surface area (Å²) in [4.78, 5) is 0. The fraction of sp³-hybridized carbons (Fsp3) is 0.647. The first-order valence-electron chi connectivity index (χ1n) is 7.55. The molecule has 1 aromatic rings. The summed E-state index contributed by atoms with van der Waals surface area (Å²) in [5.74, 6) is 1.78. The molecule has 3 heteroatoms. The summed E-state index contributed by atoms with van der Waals surface area (Å²) in [5.41, 5.74) is 7.10. The number of ether oxygens (including phenoxy) is 2. The Morgan fingerprint density at radius 3 is 2.45 bits per heavy atom. The van der Waals surface area contributed by atoms with Gasteiger partial charge < -0.3 is 15.2 Å². The van der Waals surface area contributed by atoms with E-state index in [1.807, 2.05) is 12.1 Å². The molecule has 0 amide bonds. The van der Waals surface area contributed by atoms with Crippen molar-refractivity contribution >= 4 is 0 Å². The Morgan fingerprint density at radius 2 is 1.85 bits per heavy atom. The van der Waals surface area contributed by atoms with Crippen LogP contribution in [-0.2, 0) is 6.42 Å². The van der Waals surface area contributed by atoms with Crippen LogP contribution in [0.2, 0.25) is 0 Å². The smallest absolute Gasteiger partial charge is 0.126 e. The summed E-state index contributed by atoms with van der Waals surface area (Å²) in [7, 11) is 0. The first kappa shape index (κ1) is 16.8. The summed E-state index contributed by atoms with van der Waals surface area (Å²) < 4.78 is 11.6. The summed E-state index contributed by atoms with van der Waals surface area (Å²) in [5, 5.41) is 0. The van der Waals surface area contributed by atoms with Crippen molar-refractivity contribution < 1.29 is 9.47 Å². The maximum absolute atomic E-state index is 5.95. The Bertz CT molecular complexity index is 396. The minimum Gasteiger partial charge on any atom is -0.493 e.